The number of hydrogen-bond donors (Lipinski definition) is 1. The Morgan fingerprint density at radius 1 is 1.06 bits per heavy atom. The largest absolute Gasteiger partial charge is 0.454 e. The smallest absolute Gasteiger partial charge is 0.238 e. The number of halogens is 1. The lowest BCUT2D eigenvalue weighted by atomic mass is 10.1. The third-order valence-electron chi connectivity index (χ3n) is 5.77. The fourth-order valence-electron chi connectivity index (χ4n) is 3.92. The molecule has 0 bridgehead atoms. The second kappa shape index (κ2) is 9.66. The van der Waals surface area contributed by atoms with Crippen LogP contribution in [0.3, 0.4) is 0 Å². The molecular weight excluding hydrogens is 454 g/mol. The zero-order valence-electron chi connectivity index (χ0n) is 17.9. The second-order valence-corrected chi connectivity index (χ2v) is 10.6. The molecule has 0 aliphatic carbocycles. The molecule has 172 valence electrons. The van der Waals surface area contributed by atoms with Crippen LogP contribution in [-0.4, -0.2) is 69.3 Å². The highest BCUT2D eigenvalue weighted by Gasteiger charge is 2.28. The van der Waals surface area contributed by atoms with Gasteiger partial charge in [0, 0.05) is 17.1 Å². The molecule has 2 aromatic rings. The molecule has 2 heterocycles. The molecule has 0 radical (unpaired) electrons. The van der Waals surface area contributed by atoms with Crippen molar-refractivity contribution in [1.82, 2.24) is 9.21 Å². The summed E-state index contributed by atoms with van der Waals surface area (Å²) < 4.78 is 36.5. The number of carbonyl (C=O) groups excluding carboxylic acids is 1. The van der Waals surface area contributed by atoms with Crippen molar-refractivity contribution >= 4 is 27.5 Å². The van der Waals surface area contributed by atoms with E-state index in [0.29, 0.717) is 18.1 Å². The maximum absolute atomic E-state index is 12.9. The minimum atomic E-state index is -3.54. The van der Waals surface area contributed by atoms with Gasteiger partial charge in [0.2, 0.25) is 22.7 Å². The van der Waals surface area contributed by atoms with E-state index in [1.165, 1.54) is 9.21 Å². The van der Waals surface area contributed by atoms with Crippen LogP contribution in [-0.2, 0) is 27.9 Å². The Morgan fingerprint density at radius 3 is 2.41 bits per heavy atom. The fourth-order valence-corrected chi connectivity index (χ4v) is 4.78. The highest BCUT2D eigenvalue weighted by Crippen LogP contribution is 2.32. The van der Waals surface area contributed by atoms with E-state index in [9.17, 15) is 13.2 Å². The monoisotopic (exact) mass is 480 g/mol. The van der Waals surface area contributed by atoms with Gasteiger partial charge >= 0.3 is 0 Å². The third-order valence-corrected chi connectivity index (χ3v) is 7.22. The van der Waals surface area contributed by atoms with Crippen LogP contribution in [0.4, 0.5) is 0 Å². The molecule has 32 heavy (non-hydrogen) atoms. The molecule has 0 saturated carbocycles. The summed E-state index contributed by atoms with van der Waals surface area (Å²) in [6.07, 6.45) is 1.13. The standard InChI is InChI=1S/C22H26ClN3O5S/c1-32(28,29)26(14-17-2-5-19(23)6-3-17)15-22(27)25-10-8-24(9-11-25)13-18-4-7-20-21(12-18)31-16-30-20/h2-7,12H,8-11,13-16H2,1H3/p+1. The summed E-state index contributed by atoms with van der Waals surface area (Å²) in [5.41, 5.74) is 1.95. The van der Waals surface area contributed by atoms with Crippen molar-refractivity contribution in [3.63, 3.8) is 0 Å². The Kier molecular flexibility index (Phi) is 6.90. The summed E-state index contributed by atoms with van der Waals surface area (Å²) in [7, 11) is -3.54. The fraction of sp³-hybridized carbons (Fsp3) is 0.409. The number of carbonyl (C=O) groups is 1. The molecule has 10 heteroatoms. The number of ether oxygens (including phenoxy) is 2. The number of amides is 1. The molecule has 0 aromatic heterocycles. The zero-order valence-corrected chi connectivity index (χ0v) is 19.5. The van der Waals surface area contributed by atoms with E-state index < -0.39 is 10.0 Å². The first-order valence-electron chi connectivity index (χ1n) is 10.5. The van der Waals surface area contributed by atoms with Crippen LogP contribution < -0.4 is 14.4 Å². The van der Waals surface area contributed by atoms with Crippen molar-refractivity contribution in [2.75, 3.05) is 45.8 Å². The summed E-state index contributed by atoms with van der Waals surface area (Å²) in [5.74, 6) is 1.37. The lowest BCUT2D eigenvalue weighted by molar-refractivity contribution is -0.917. The third kappa shape index (κ3) is 5.72. The number of quaternary nitrogens is 1. The van der Waals surface area contributed by atoms with Gasteiger partial charge in [0.1, 0.15) is 6.54 Å². The van der Waals surface area contributed by atoms with Crippen LogP contribution in [0.1, 0.15) is 11.1 Å². The average Bonchev–Trinajstić information content (AvgIpc) is 3.22. The number of nitrogens with one attached hydrogen (secondary N) is 1. The number of hydrogen-bond acceptors (Lipinski definition) is 5. The predicted molar refractivity (Wildman–Crippen MR) is 120 cm³/mol. The van der Waals surface area contributed by atoms with Gasteiger partial charge in [-0.1, -0.05) is 23.7 Å². The summed E-state index contributed by atoms with van der Waals surface area (Å²) in [6, 6.07) is 12.9. The normalized spacial score (nSPS) is 16.5. The number of nitrogens with zero attached hydrogens (tertiary/aromatic N) is 2. The van der Waals surface area contributed by atoms with E-state index in [0.717, 1.165) is 48.5 Å². The molecule has 1 amide bonds. The Bertz CT molecular complexity index is 1070. The minimum Gasteiger partial charge on any atom is -0.454 e. The summed E-state index contributed by atoms with van der Waals surface area (Å²) in [6.45, 7) is 3.86. The summed E-state index contributed by atoms with van der Waals surface area (Å²) in [5, 5.41) is 0.580. The minimum absolute atomic E-state index is 0.136. The van der Waals surface area contributed by atoms with E-state index in [-0.39, 0.29) is 25.8 Å². The van der Waals surface area contributed by atoms with E-state index in [1.54, 1.807) is 29.2 Å². The molecule has 1 fully saturated rings. The van der Waals surface area contributed by atoms with Crippen molar-refractivity contribution < 1.29 is 27.6 Å². The molecule has 0 unspecified atom stereocenters. The molecule has 2 aliphatic heterocycles. The Balaban J connectivity index is 1.31. The highest BCUT2D eigenvalue weighted by molar-refractivity contribution is 7.88. The average molecular weight is 481 g/mol. The van der Waals surface area contributed by atoms with Gasteiger partial charge in [-0.2, -0.15) is 4.31 Å². The first-order chi connectivity index (χ1) is 15.3. The topological polar surface area (TPSA) is 80.6 Å². The quantitative estimate of drug-likeness (QED) is 0.633. The van der Waals surface area contributed by atoms with Crippen LogP contribution >= 0.6 is 11.6 Å². The van der Waals surface area contributed by atoms with Gasteiger partial charge in [-0.05, 0) is 35.9 Å². The number of sulfonamides is 1. The zero-order chi connectivity index (χ0) is 22.7. The molecule has 4 rings (SSSR count). The molecule has 1 N–H and O–H groups in total. The Labute approximate surface area is 193 Å². The van der Waals surface area contributed by atoms with Crippen LogP contribution in [0.15, 0.2) is 42.5 Å². The van der Waals surface area contributed by atoms with Gasteiger partial charge < -0.3 is 19.3 Å². The first-order valence-corrected chi connectivity index (χ1v) is 12.7. The highest BCUT2D eigenvalue weighted by atomic mass is 35.5. The van der Waals surface area contributed by atoms with Crippen LogP contribution in [0.25, 0.3) is 0 Å². The van der Waals surface area contributed by atoms with Crippen molar-refractivity contribution in [2.45, 2.75) is 13.1 Å². The lowest BCUT2D eigenvalue weighted by Crippen LogP contribution is -3.13. The molecule has 0 spiro atoms. The lowest BCUT2D eigenvalue weighted by Gasteiger charge is -2.33. The van der Waals surface area contributed by atoms with E-state index >= 15 is 0 Å². The van der Waals surface area contributed by atoms with Crippen molar-refractivity contribution in [3.05, 3.63) is 58.6 Å². The van der Waals surface area contributed by atoms with Gasteiger partial charge in [0.15, 0.2) is 11.5 Å². The molecule has 1 saturated heterocycles. The van der Waals surface area contributed by atoms with Crippen molar-refractivity contribution in [2.24, 2.45) is 0 Å². The van der Waals surface area contributed by atoms with Crippen LogP contribution in [0, 0.1) is 0 Å². The van der Waals surface area contributed by atoms with E-state index in [4.69, 9.17) is 21.1 Å². The van der Waals surface area contributed by atoms with Gasteiger partial charge in [-0.15, -0.1) is 0 Å². The maximum Gasteiger partial charge on any atom is 0.238 e. The second-order valence-electron chi connectivity index (χ2n) is 8.15. The summed E-state index contributed by atoms with van der Waals surface area (Å²) >= 11 is 5.91. The molecule has 0 atom stereocenters. The first kappa shape index (κ1) is 22.8. The molecular formula is C22H27ClN3O5S+. The van der Waals surface area contributed by atoms with Crippen molar-refractivity contribution in [1.29, 1.82) is 0 Å². The van der Waals surface area contributed by atoms with E-state index in [1.807, 2.05) is 18.2 Å². The van der Waals surface area contributed by atoms with Crippen LogP contribution in [0.5, 0.6) is 11.5 Å². The van der Waals surface area contributed by atoms with Crippen molar-refractivity contribution in [3.8, 4) is 11.5 Å². The van der Waals surface area contributed by atoms with Crippen LogP contribution in [0.2, 0.25) is 5.02 Å². The SMILES string of the molecule is CS(=O)(=O)N(CC(=O)N1CC[NH+](Cc2ccc3c(c2)OCO3)CC1)Cc1ccc(Cl)cc1. The Morgan fingerprint density at radius 2 is 1.72 bits per heavy atom. The van der Waals surface area contributed by atoms with Gasteiger partial charge in [-0.3, -0.25) is 4.79 Å². The number of fused-ring (bicyclic) bond motifs is 1. The summed E-state index contributed by atoms with van der Waals surface area (Å²) in [4.78, 5) is 16.0. The molecule has 2 aliphatic rings. The molecule has 8 nitrogen and oxygen atoms in total. The van der Waals surface area contributed by atoms with Gasteiger partial charge in [0.05, 0.1) is 39.0 Å². The van der Waals surface area contributed by atoms with E-state index in [2.05, 4.69) is 0 Å². The Hall–Kier alpha value is -2.33. The number of benzene rings is 2. The van der Waals surface area contributed by atoms with Gasteiger partial charge in [-0.25, -0.2) is 8.42 Å². The maximum atomic E-state index is 12.9. The molecule has 2 aromatic carbocycles. The number of rotatable bonds is 7. The van der Waals surface area contributed by atoms with Gasteiger partial charge in [0.25, 0.3) is 0 Å². The predicted octanol–water partition coefficient (Wildman–Crippen LogP) is 0.758. The number of piperazine rings is 1.